The molecule has 3 amide bonds. The van der Waals surface area contributed by atoms with Crippen molar-refractivity contribution in [3.8, 4) is 80.5 Å². The lowest BCUT2D eigenvalue weighted by Crippen LogP contribution is -2.44. The van der Waals surface area contributed by atoms with E-state index in [1.54, 1.807) is 54.8 Å². The lowest BCUT2D eigenvalue weighted by molar-refractivity contribution is -0.131. The Morgan fingerprint density at radius 2 is 0.774 bits per heavy atom. The van der Waals surface area contributed by atoms with Gasteiger partial charge in [-0.2, -0.15) is 15.3 Å². The van der Waals surface area contributed by atoms with Crippen molar-refractivity contribution in [1.29, 1.82) is 0 Å². The van der Waals surface area contributed by atoms with Gasteiger partial charge in [0.25, 0.3) is 0 Å². The molecule has 14 aromatic rings. The zero-order chi connectivity index (χ0) is 104. The third-order valence-electron chi connectivity index (χ3n) is 24.2. The zero-order valence-corrected chi connectivity index (χ0v) is 87.8. The molecule has 6 N–H and O–H groups in total. The van der Waals surface area contributed by atoms with Crippen molar-refractivity contribution in [2.75, 3.05) is 87.3 Å². The van der Waals surface area contributed by atoms with E-state index in [2.05, 4.69) is 53.4 Å². The number of rotatable bonds is 31. The lowest BCUT2D eigenvalue weighted by Gasteiger charge is -2.35. The molecule has 0 atom stereocenters. The Hall–Kier alpha value is -14.8. The van der Waals surface area contributed by atoms with Crippen molar-refractivity contribution in [2.24, 2.45) is 5.73 Å². The average molecular weight is 2100 g/mol. The smallest absolute Gasteiger partial charge is 0.410 e. The predicted octanol–water partition coefficient (Wildman–Crippen LogP) is 23.5. The van der Waals surface area contributed by atoms with Crippen LogP contribution < -0.4 is 54.3 Å². The molecule has 6 aromatic heterocycles. The number of carbonyl (C=O) groups excluding carboxylic acids is 3. The van der Waals surface area contributed by atoms with E-state index in [0.717, 1.165) is 155 Å². The molecule has 0 spiro atoms. The van der Waals surface area contributed by atoms with E-state index in [4.69, 9.17) is 73.4 Å². The number of benzene rings is 8. The predicted molar refractivity (Wildman–Crippen MR) is 578 cm³/mol. The first kappa shape index (κ1) is 108. The molecule has 0 aliphatic heterocycles. The number of carbonyl (C=O) groups is 4. The number of aromatic nitrogens is 9. The highest BCUT2D eigenvalue weighted by atomic mass is 127. The highest BCUT2D eigenvalue weighted by Gasteiger charge is 2.34. The first-order valence-electron chi connectivity index (χ1n) is 49.0. The highest BCUT2D eigenvalue weighted by Crippen LogP contribution is 2.42. The van der Waals surface area contributed by atoms with Gasteiger partial charge in [0.1, 0.15) is 106 Å². The quantitative estimate of drug-likeness (QED) is 0.0199. The van der Waals surface area contributed by atoms with Gasteiger partial charge in [0, 0.05) is 138 Å². The number of aromatic amines is 1. The Labute approximate surface area is 867 Å². The number of halogens is 1. The van der Waals surface area contributed by atoms with Crippen molar-refractivity contribution >= 4 is 91.4 Å². The van der Waals surface area contributed by atoms with Gasteiger partial charge in [-0.05, 0) is 278 Å². The molecule has 146 heavy (non-hydrogen) atoms. The van der Waals surface area contributed by atoms with Gasteiger partial charge in [0.15, 0.2) is 28.6 Å². The van der Waals surface area contributed by atoms with Crippen molar-refractivity contribution in [1.82, 2.24) is 69.2 Å². The van der Waals surface area contributed by atoms with Gasteiger partial charge < -0.3 is 93.3 Å². The minimum absolute atomic E-state index is 0.0580. The second-order valence-electron chi connectivity index (χ2n) is 38.4. The summed E-state index contributed by atoms with van der Waals surface area (Å²) in [6, 6.07) is 74.5. The number of hydrogen-bond acceptors (Lipinski definition) is 25. The van der Waals surface area contributed by atoms with Crippen LogP contribution in [0.1, 0.15) is 130 Å². The Morgan fingerprint density at radius 1 is 0.418 bits per heavy atom. The maximum Gasteiger partial charge on any atom is 0.410 e. The number of methoxy groups -OCH3 is 2. The van der Waals surface area contributed by atoms with Crippen molar-refractivity contribution in [2.45, 2.75) is 179 Å². The van der Waals surface area contributed by atoms with Gasteiger partial charge in [-0.15, -0.1) is 0 Å². The number of carboxylic acids is 1. The maximum absolute atomic E-state index is 12.7. The molecule has 3 fully saturated rings. The number of likely N-dealkylation sites (N-methyl/N-ethyl adjacent to an activating group) is 3. The number of pyridine rings is 3. The molecule has 0 unspecified atom stereocenters. The van der Waals surface area contributed by atoms with Gasteiger partial charge in [0.05, 0.1) is 32.7 Å². The van der Waals surface area contributed by atoms with Crippen LogP contribution in [0.5, 0.6) is 80.5 Å². The van der Waals surface area contributed by atoms with Crippen LogP contribution in [-0.4, -0.2) is 222 Å². The molecular formula is C113H134IN17O15. The summed E-state index contributed by atoms with van der Waals surface area (Å²) < 4.78 is 63.2. The van der Waals surface area contributed by atoms with E-state index in [1.807, 2.05) is 352 Å². The summed E-state index contributed by atoms with van der Waals surface area (Å²) in [6.45, 7) is 13.9. The van der Waals surface area contributed by atoms with Gasteiger partial charge >= 0.3 is 18.2 Å². The number of nitrogens with two attached hydrogens (primary N) is 1. The number of H-pyrrole nitrogens is 1. The molecule has 0 saturated heterocycles. The average Bonchev–Trinajstić information content (AvgIpc) is 1.61. The van der Waals surface area contributed by atoms with E-state index >= 15 is 0 Å². The van der Waals surface area contributed by atoms with E-state index in [1.165, 1.54) is 0 Å². The summed E-state index contributed by atoms with van der Waals surface area (Å²) in [5.74, 6) is 10.5. The Balaban J connectivity index is 0.000000165. The molecule has 3 aliphatic carbocycles. The fourth-order valence-corrected chi connectivity index (χ4v) is 17.4. The van der Waals surface area contributed by atoms with Crippen molar-refractivity contribution in [3.05, 3.63) is 288 Å². The number of nitrogens with one attached hydrogen (secondary N) is 3. The van der Waals surface area contributed by atoms with Crippen LogP contribution in [0, 0.1) is 3.70 Å². The summed E-state index contributed by atoms with van der Waals surface area (Å²) in [7, 11) is 16.6. The normalized spacial score (nSPS) is 16.1. The minimum atomic E-state index is -0.892. The van der Waals surface area contributed by atoms with Crippen LogP contribution in [0.15, 0.2) is 273 Å². The second kappa shape index (κ2) is 52.6. The number of anilines is 2. The third kappa shape index (κ3) is 32.9. The molecule has 8 aromatic carbocycles. The van der Waals surface area contributed by atoms with Crippen LogP contribution in [0.25, 0.3) is 33.1 Å². The first-order valence-corrected chi connectivity index (χ1v) is 50.1. The number of para-hydroxylation sites is 3. The molecular weight excluding hydrogens is 1960 g/mol. The monoisotopic (exact) mass is 2100 g/mol. The number of ether oxygens (including phenoxy) is 10. The van der Waals surface area contributed by atoms with Gasteiger partial charge in [-0.3, -0.25) is 9.89 Å². The lowest BCUT2D eigenvalue weighted by atomic mass is 9.90. The number of amides is 3. The molecule has 17 rings (SSSR count). The third-order valence-corrected chi connectivity index (χ3v) is 25.0. The van der Waals surface area contributed by atoms with Crippen LogP contribution in [0.4, 0.5) is 21.2 Å². The van der Waals surface area contributed by atoms with Crippen molar-refractivity contribution in [3.63, 3.8) is 0 Å². The molecule has 0 bridgehead atoms. The first-order chi connectivity index (χ1) is 70.2. The number of fused-ring (bicyclic) bond motifs is 3. The van der Waals surface area contributed by atoms with Crippen LogP contribution in [0.2, 0.25) is 0 Å². The van der Waals surface area contributed by atoms with Gasteiger partial charge in [0.2, 0.25) is 5.91 Å². The number of nitrogens with zero attached hydrogens (tertiary/aromatic N) is 13. The minimum Gasteiger partial charge on any atom is -0.497 e. The molecule has 0 radical (unpaired) electrons. The fourth-order valence-electron chi connectivity index (χ4n) is 16.6. The van der Waals surface area contributed by atoms with E-state index < -0.39 is 17.2 Å². The molecule has 3 saturated carbocycles. The Morgan fingerprint density at radius 3 is 1.18 bits per heavy atom. The number of aliphatic carboxylic acids is 1. The SMILES string of the molecule is CN(C(=O)OC(C)(C)C)C1CCC(N)CC1.CN(C)C/C=C/C(=O)N(C)C1CCC(Nc2n[nH]c3nccc(Oc4cccc(Oc5ccccc5)c4)c23)CC1.CN(C)C/C=C/C(=O)O.COc1ccc(Cn2nc(I)c3c(Oc4cccc(Oc5ccccc5)c4)ccnc32)cc1.COc1ccc(Cn2nc(NC3CCC(N(C)C(=O)OC(C)(C)C)CC3)c3c(Oc4cccc(Oc5ccccc5)c4)ccnc32)cc1. The van der Waals surface area contributed by atoms with E-state index in [-0.39, 0.29) is 48.3 Å². The number of carboxylic acid groups (broad SMARTS) is 1. The standard InChI is InChI=1S/C38H43N5O5.C31H36N6O3.C26H20IN3O3.C12H24N2O2.C6H11NO2/c1-38(2,3)48-37(44)42(4)28-18-16-27(17-19-28)40-35-34-33(47-32-13-9-12-31(24-32)46-30-10-7-6-8-11-30)22-23-39-36(34)43(41-35)25-26-14-20-29(45-5)21-15-26;1-36(2)20-8-13-28(38)37(3)23-16-14-22(15-17-23)33-31-29-27(18-19-32-30(29)34-35-31)40-26-12-7-11-25(21-26)39-24-9-5-4-6-10-24;1-31-19-12-10-18(11-13-19)17-30-26-24(25(27)29-30)23(14-15-28-26)33-22-9-5-8-21(16-22)32-20-6-3-2-4-7-20;1-12(2,3)16-11(15)14(4)10-7-5-9(13)6-8-10;1-7(2)5-3-4-6(8)9/h6-15,20-24,27-28H,16-19,25H2,1-5H3,(H,40,41);4-13,18-19,21-23H,14-17,20H2,1-3H3,(H2,32,33,34,35);2-16H,17H2,1H3;9-10H,5-8,13H2,1-4H3;3-4H,5H2,1-2H3,(H,8,9)/b;13-8+;;;4-3+. The summed E-state index contributed by atoms with van der Waals surface area (Å²) in [4.78, 5) is 70.0. The summed E-state index contributed by atoms with van der Waals surface area (Å²) in [6.07, 6.45) is 22.2. The van der Waals surface area contributed by atoms with E-state index in [0.29, 0.717) is 100 Å². The van der Waals surface area contributed by atoms with Crippen LogP contribution in [0.3, 0.4) is 0 Å². The summed E-state index contributed by atoms with van der Waals surface area (Å²) in [5, 5.41) is 35.2. The summed E-state index contributed by atoms with van der Waals surface area (Å²) in [5.41, 5.74) is 9.20. The largest absolute Gasteiger partial charge is 0.497 e. The summed E-state index contributed by atoms with van der Waals surface area (Å²) >= 11 is 2.23. The highest BCUT2D eigenvalue weighted by molar-refractivity contribution is 14.1. The van der Waals surface area contributed by atoms with Gasteiger partial charge in [-0.25, -0.2) is 38.7 Å². The van der Waals surface area contributed by atoms with E-state index in [9.17, 15) is 19.2 Å². The zero-order valence-electron chi connectivity index (χ0n) is 85.7. The number of hydrogen-bond donors (Lipinski definition) is 5. The fraction of sp³-hybridized carbons (Fsp3) is 0.345. The van der Waals surface area contributed by atoms with Gasteiger partial charge in [-0.1, -0.05) is 109 Å². The van der Waals surface area contributed by atoms with Crippen LogP contribution in [-0.2, 0) is 32.2 Å². The Bertz CT molecular complexity index is 6590. The van der Waals surface area contributed by atoms with Crippen molar-refractivity contribution < 1.29 is 71.7 Å². The topological polar surface area (TPSA) is 350 Å². The Kier molecular flexibility index (Phi) is 39.1. The van der Waals surface area contributed by atoms with Crippen LogP contribution >= 0.6 is 22.6 Å². The second-order valence-corrected chi connectivity index (χ2v) is 39.4. The molecule has 6 heterocycles. The molecule has 32 nitrogen and oxygen atoms in total. The molecule has 33 heteroatoms. The molecule has 3 aliphatic rings. The molecule has 768 valence electrons. The maximum atomic E-state index is 12.7.